The van der Waals surface area contributed by atoms with E-state index in [2.05, 4.69) is 15.0 Å². The fraction of sp³-hybridized carbons (Fsp3) is 0.400. The average Bonchev–Trinajstić information content (AvgIpc) is 3.07. The predicted molar refractivity (Wildman–Crippen MR) is 99.1 cm³/mol. The lowest BCUT2D eigenvalue weighted by Crippen LogP contribution is -2.18. The van der Waals surface area contributed by atoms with Crippen LogP contribution in [0.5, 0.6) is 6.01 Å². The molecule has 4 rings (SSSR count). The van der Waals surface area contributed by atoms with Crippen LogP contribution in [0.3, 0.4) is 0 Å². The fourth-order valence-corrected chi connectivity index (χ4v) is 3.79. The van der Waals surface area contributed by atoms with Crippen molar-refractivity contribution in [1.82, 2.24) is 19.5 Å². The predicted octanol–water partition coefficient (Wildman–Crippen LogP) is 4.11. The van der Waals surface area contributed by atoms with E-state index in [-0.39, 0.29) is 5.91 Å². The highest BCUT2D eigenvalue weighted by molar-refractivity contribution is 5.94. The second-order valence-corrected chi connectivity index (χ2v) is 6.87. The van der Waals surface area contributed by atoms with E-state index in [1.807, 2.05) is 18.2 Å². The van der Waals surface area contributed by atoms with Crippen molar-refractivity contribution < 1.29 is 9.53 Å². The van der Waals surface area contributed by atoms with Gasteiger partial charge in [0.25, 0.3) is 0 Å². The molecule has 0 amide bonds. The first-order valence-corrected chi connectivity index (χ1v) is 9.11. The minimum absolute atomic E-state index is 0.0534. The summed E-state index contributed by atoms with van der Waals surface area (Å²) in [4.78, 5) is 25.6. The Morgan fingerprint density at radius 3 is 2.65 bits per heavy atom. The van der Waals surface area contributed by atoms with Gasteiger partial charge in [-0.15, -0.1) is 0 Å². The number of rotatable bonds is 4. The Morgan fingerprint density at radius 1 is 1.15 bits per heavy atom. The lowest BCUT2D eigenvalue weighted by atomic mass is 9.87. The highest BCUT2D eigenvalue weighted by Crippen LogP contribution is 2.30. The minimum atomic E-state index is 0.0534. The molecule has 134 valence electrons. The van der Waals surface area contributed by atoms with Crippen molar-refractivity contribution in [2.75, 3.05) is 7.11 Å². The first-order chi connectivity index (χ1) is 12.8. The van der Waals surface area contributed by atoms with E-state index in [0.717, 1.165) is 35.0 Å². The average molecular weight is 350 g/mol. The van der Waals surface area contributed by atoms with Gasteiger partial charge >= 0.3 is 6.01 Å². The number of hydrogen-bond donors (Lipinski definition) is 0. The third-order valence-electron chi connectivity index (χ3n) is 5.14. The summed E-state index contributed by atoms with van der Waals surface area (Å²) in [6.45, 7) is 0. The van der Waals surface area contributed by atoms with Gasteiger partial charge in [0.2, 0.25) is 5.91 Å². The monoisotopic (exact) mass is 350 g/mol. The maximum Gasteiger partial charge on any atom is 0.304 e. The van der Waals surface area contributed by atoms with Gasteiger partial charge in [0.15, 0.2) is 0 Å². The summed E-state index contributed by atoms with van der Waals surface area (Å²) in [5.74, 6) is 0.516. The van der Waals surface area contributed by atoms with E-state index in [0.29, 0.717) is 18.3 Å². The van der Waals surface area contributed by atoms with Gasteiger partial charge in [-0.05, 0) is 36.5 Å². The van der Waals surface area contributed by atoms with Crippen LogP contribution >= 0.6 is 0 Å². The number of imidazole rings is 1. The Bertz CT molecular complexity index is 914. The van der Waals surface area contributed by atoms with Gasteiger partial charge in [0, 0.05) is 24.4 Å². The van der Waals surface area contributed by atoms with Gasteiger partial charge in [0.05, 0.1) is 18.1 Å². The van der Waals surface area contributed by atoms with E-state index < -0.39 is 0 Å². The van der Waals surface area contributed by atoms with Crippen LogP contribution in [0.25, 0.3) is 22.2 Å². The molecule has 0 spiro atoms. The second-order valence-electron chi connectivity index (χ2n) is 6.87. The largest absolute Gasteiger partial charge is 0.468 e. The number of hydrogen-bond acceptors (Lipinski definition) is 5. The summed E-state index contributed by atoms with van der Waals surface area (Å²) in [5.41, 5.74) is 3.37. The smallest absolute Gasteiger partial charge is 0.304 e. The maximum absolute atomic E-state index is 13.0. The molecule has 0 bridgehead atoms. The highest BCUT2D eigenvalue weighted by atomic mass is 16.5. The lowest BCUT2D eigenvalue weighted by Gasteiger charge is -2.21. The first kappa shape index (κ1) is 16.7. The maximum atomic E-state index is 13.0. The summed E-state index contributed by atoms with van der Waals surface area (Å²) in [6.07, 6.45) is 11.6. The molecule has 1 fully saturated rings. The molecular weight excluding hydrogens is 328 g/mol. The molecule has 0 radical (unpaired) electrons. The van der Waals surface area contributed by atoms with E-state index in [1.165, 1.54) is 25.6 Å². The van der Waals surface area contributed by atoms with Gasteiger partial charge in [0.1, 0.15) is 6.33 Å². The van der Waals surface area contributed by atoms with Crippen LogP contribution in [-0.2, 0) is 0 Å². The lowest BCUT2D eigenvalue weighted by molar-refractivity contribution is 0.0862. The Balaban J connectivity index is 1.72. The van der Waals surface area contributed by atoms with Crippen molar-refractivity contribution in [1.29, 1.82) is 0 Å². The Labute approximate surface area is 152 Å². The number of carbonyl (C=O) groups is 1. The number of carbonyl (C=O) groups excluding carboxylic acids is 1. The van der Waals surface area contributed by atoms with Crippen LogP contribution in [0.1, 0.15) is 43.3 Å². The van der Waals surface area contributed by atoms with Crippen molar-refractivity contribution in [3.63, 3.8) is 0 Å². The van der Waals surface area contributed by atoms with Crippen molar-refractivity contribution in [3.05, 3.63) is 36.9 Å². The second kappa shape index (κ2) is 7.23. The molecule has 2 heterocycles. The first-order valence-electron chi connectivity index (χ1n) is 9.11. The third-order valence-corrected chi connectivity index (χ3v) is 5.14. The standard InChI is InChI=1S/C20H22N4O2/c1-26-20-23-17-8-7-15(16-11-21-13-22-12-16)10-18(17)24(20)19(25)9-14-5-3-2-4-6-14/h7-8,10-14H,2-6,9H2,1H3. The van der Waals surface area contributed by atoms with Crippen LogP contribution in [0.4, 0.5) is 0 Å². The Kier molecular flexibility index (Phi) is 4.65. The van der Waals surface area contributed by atoms with E-state index >= 15 is 0 Å². The normalized spacial score (nSPS) is 15.3. The van der Waals surface area contributed by atoms with Crippen LogP contribution in [0.2, 0.25) is 0 Å². The van der Waals surface area contributed by atoms with Gasteiger partial charge in [-0.2, -0.15) is 4.98 Å². The Morgan fingerprint density at radius 2 is 1.92 bits per heavy atom. The van der Waals surface area contributed by atoms with Gasteiger partial charge in [-0.3, -0.25) is 4.79 Å². The van der Waals surface area contributed by atoms with Crippen molar-refractivity contribution in [2.45, 2.75) is 38.5 Å². The molecule has 0 unspecified atom stereocenters. The molecule has 1 aliphatic carbocycles. The van der Waals surface area contributed by atoms with E-state index in [9.17, 15) is 4.79 Å². The Hall–Kier alpha value is -2.76. The number of fused-ring (bicyclic) bond motifs is 1. The molecule has 6 nitrogen and oxygen atoms in total. The summed E-state index contributed by atoms with van der Waals surface area (Å²) in [6, 6.07) is 6.18. The number of benzene rings is 1. The van der Waals surface area contributed by atoms with Crippen LogP contribution in [-0.4, -0.2) is 32.5 Å². The molecule has 1 aliphatic rings. The zero-order valence-electron chi connectivity index (χ0n) is 14.9. The van der Waals surface area contributed by atoms with E-state index in [4.69, 9.17) is 4.74 Å². The summed E-state index contributed by atoms with van der Waals surface area (Å²) >= 11 is 0. The minimum Gasteiger partial charge on any atom is -0.468 e. The quantitative estimate of drug-likeness (QED) is 0.708. The van der Waals surface area contributed by atoms with Crippen molar-refractivity contribution in [3.8, 4) is 17.1 Å². The number of aromatic nitrogens is 4. The molecule has 0 aliphatic heterocycles. The zero-order valence-corrected chi connectivity index (χ0v) is 14.9. The molecule has 0 atom stereocenters. The summed E-state index contributed by atoms with van der Waals surface area (Å²) in [5, 5.41) is 0. The summed E-state index contributed by atoms with van der Waals surface area (Å²) < 4.78 is 7.01. The fourth-order valence-electron chi connectivity index (χ4n) is 3.79. The number of ether oxygens (including phenoxy) is 1. The van der Waals surface area contributed by atoms with Gasteiger partial charge in [-0.25, -0.2) is 14.5 Å². The van der Waals surface area contributed by atoms with Crippen LogP contribution in [0, 0.1) is 5.92 Å². The summed E-state index contributed by atoms with van der Waals surface area (Å²) in [7, 11) is 1.55. The number of nitrogens with zero attached hydrogens (tertiary/aromatic N) is 4. The molecule has 2 aromatic heterocycles. The number of methoxy groups -OCH3 is 1. The van der Waals surface area contributed by atoms with E-state index in [1.54, 1.807) is 24.1 Å². The molecule has 0 saturated heterocycles. The van der Waals surface area contributed by atoms with Crippen molar-refractivity contribution >= 4 is 16.9 Å². The molecule has 0 N–H and O–H groups in total. The van der Waals surface area contributed by atoms with Crippen LogP contribution < -0.4 is 4.74 Å². The topological polar surface area (TPSA) is 69.9 Å². The zero-order chi connectivity index (χ0) is 17.9. The SMILES string of the molecule is COc1nc2ccc(-c3cncnc3)cc2n1C(=O)CC1CCCCC1. The van der Waals surface area contributed by atoms with Gasteiger partial charge < -0.3 is 4.74 Å². The highest BCUT2D eigenvalue weighted by Gasteiger charge is 2.23. The molecule has 6 heteroatoms. The molecule has 3 aromatic rings. The third kappa shape index (κ3) is 3.19. The molecule has 26 heavy (non-hydrogen) atoms. The van der Waals surface area contributed by atoms with Crippen LogP contribution in [0.15, 0.2) is 36.9 Å². The van der Waals surface area contributed by atoms with Crippen molar-refractivity contribution in [2.24, 2.45) is 5.92 Å². The molecule has 1 aromatic carbocycles. The molecular formula is C20H22N4O2. The van der Waals surface area contributed by atoms with Gasteiger partial charge in [-0.1, -0.05) is 25.3 Å². The molecule has 1 saturated carbocycles.